The Morgan fingerprint density at radius 3 is 1.59 bits per heavy atom. The first-order chi connectivity index (χ1) is 12.8. The molecule has 2 nitrogen and oxygen atoms in total. The molecule has 3 rings (SSSR count). The van der Waals surface area contributed by atoms with E-state index in [0.29, 0.717) is 0 Å². The predicted octanol–water partition coefficient (Wildman–Crippen LogP) is 5.03. The Kier molecular flexibility index (Phi) is 5.54. The number of benzene rings is 3. The molecule has 1 N–H and O–H groups in total. The first-order valence-electron chi connectivity index (χ1n) is 9.42. The van der Waals surface area contributed by atoms with Crippen LogP contribution in [0.25, 0.3) is 0 Å². The summed E-state index contributed by atoms with van der Waals surface area (Å²) in [6.45, 7) is 8.94. The molecule has 3 heteroatoms. The first-order valence-corrected chi connectivity index (χ1v) is 11.3. The van der Waals surface area contributed by atoms with Crippen LogP contribution in [0.2, 0.25) is 5.04 Å². The van der Waals surface area contributed by atoms with Crippen molar-refractivity contribution in [3.63, 3.8) is 0 Å². The SMILES string of the molecule is CC(O[Si](c1ccccc1)(c1ccccc1)C(C)(C)C)c1ccc(O)cc1. The summed E-state index contributed by atoms with van der Waals surface area (Å²) in [4.78, 5) is 0. The number of aromatic hydroxyl groups is 1. The lowest BCUT2D eigenvalue weighted by Gasteiger charge is -2.44. The van der Waals surface area contributed by atoms with E-state index in [2.05, 4.69) is 88.4 Å². The highest BCUT2D eigenvalue weighted by Crippen LogP contribution is 2.39. The second-order valence-electron chi connectivity index (χ2n) is 8.01. The molecule has 3 aromatic rings. The van der Waals surface area contributed by atoms with E-state index in [0.717, 1.165) is 5.56 Å². The highest BCUT2D eigenvalue weighted by molar-refractivity contribution is 6.99. The summed E-state index contributed by atoms with van der Waals surface area (Å²) in [7, 11) is -2.57. The van der Waals surface area contributed by atoms with Gasteiger partial charge in [0.25, 0.3) is 8.32 Å². The lowest BCUT2D eigenvalue weighted by Crippen LogP contribution is -2.66. The summed E-state index contributed by atoms with van der Waals surface area (Å²) in [6, 6.07) is 28.6. The van der Waals surface area contributed by atoms with Gasteiger partial charge in [-0.3, -0.25) is 0 Å². The molecule has 0 aliphatic rings. The van der Waals surface area contributed by atoms with Crippen molar-refractivity contribution in [3.8, 4) is 5.75 Å². The van der Waals surface area contributed by atoms with Gasteiger partial charge in [-0.1, -0.05) is 93.6 Å². The van der Waals surface area contributed by atoms with Crippen LogP contribution >= 0.6 is 0 Å². The molecular formula is C24H28O2Si. The van der Waals surface area contributed by atoms with Crippen LogP contribution in [0.5, 0.6) is 5.75 Å². The van der Waals surface area contributed by atoms with Gasteiger partial charge in [0.05, 0.1) is 6.10 Å². The zero-order chi connectivity index (χ0) is 19.5. The standard InChI is InChI=1S/C24H28O2Si/c1-19(20-15-17-21(25)18-16-20)26-27(24(2,3)4,22-11-7-5-8-12-22)23-13-9-6-10-14-23/h5-19,25H,1-4H3. The lowest BCUT2D eigenvalue weighted by molar-refractivity contribution is 0.210. The van der Waals surface area contributed by atoms with Crippen molar-refractivity contribution in [2.24, 2.45) is 0 Å². The smallest absolute Gasteiger partial charge is 0.261 e. The van der Waals surface area contributed by atoms with Crippen LogP contribution in [0.15, 0.2) is 84.9 Å². The molecule has 0 amide bonds. The van der Waals surface area contributed by atoms with Crippen molar-refractivity contribution >= 4 is 18.7 Å². The largest absolute Gasteiger partial charge is 0.508 e. The average molecular weight is 377 g/mol. The fourth-order valence-corrected chi connectivity index (χ4v) is 8.45. The molecule has 1 unspecified atom stereocenters. The van der Waals surface area contributed by atoms with Crippen LogP contribution in [0.4, 0.5) is 0 Å². The summed E-state index contributed by atoms with van der Waals surface area (Å²) < 4.78 is 7.06. The number of phenols is 1. The monoisotopic (exact) mass is 376 g/mol. The van der Waals surface area contributed by atoms with Crippen molar-refractivity contribution < 1.29 is 9.53 Å². The summed E-state index contributed by atoms with van der Waals surface area (Å²) in [5.74, 6) is 0.274. The molecule has 140 valence electrons. The molecule has 0 aromatic heterocycles. The molecule has 0 radical (unpaired) electrons. The third-order valence-corrected chi connectivity index (χ3v) is 10.2. The zero-order valence-corrected chi connectivity index (χ0v) is 17.5. The van der Waals surface area contributed by atoms with Gasteiger partial charge in [-0.15, -0.1) is 0 Å². The van der Waals surface area contributed by atoms with E-state index >= 15 is 0 Å². The molecule has 0 spiro atoms. The highest BCUT2D eigenvalue weighted by atomic mass is 28.4. The van der Waals surface area contributed by atoms with E-state index in [1.807, 2.05) is 12.1 Å². The van der Waals surface area contributed by atoms with Gasteiger partial charge in [0.2, 0.25) is 0 Å². The van der Waals surface area contributed by atoms with Gasteiger partial charge < -0.3 is 9.53 Å². The summed E-state index contributed by atoms with van der Waals surface area (Å²) in [6.07, 6.45) is -0.0862. The Balaban J connectivity index is 2.16. The van der Waals surface area contributed by atoms with Crippen LogP contribution in [-0.2, 0) is 4.43 Å². The van der Waals surface area contributed by atoms with Gasteiger partial charge in [0.15, 0.2) is 0 Å². The second kappa shape index (κ2) is 7.71. The summed E-state index contributed by atoms with van der Waals surface area (Å²) >= 11 is 0. The number of rotatable bonds is 5. The van der Waals surface area contributed by atoms with Gasteiger partial charge in [0.1, 0.15) is 5.75 Å². The number of phenolic OH excluding ortho intramolecular Hbond substituents is 1. The first kappa shape index (κ1) is 19.4. The molecule has 0 aliphatic heterocycles. The van der Waals surface area contributed by atoms with Crippen LogP contribution in [0, 0.1) is 0 Å². The van der Waals surface area contributed by atoms with E-state index in [-0.39, 0.29) is 16.9 Å². The molecule has 27 heavy (non-hydrogen) atoms. The molecule has 0 saturated heterocycles. The maximum atomic E-state index is 9.62. The van der Waals surface area contributed by atoms with E-state index in [4.69, 9.17) is 4.43 Å². The molecule has 0 bridgehead atoms. The molecule has 3 aromatic carbocycles. The molecular weight excluding hydrogens is 348 g/mol. The fraction of sp³-hybridized carbons (Fsp3) is 0.250. The van der Waals surface area contributed by atoms with Crippen molar-refractivity contribution in [1.82, 2.24) is 0 Å². The number of hydrogen-bond donors (Lipinski definition) is 1. The van der Waals surface area contributed by atoms with Crippen molar-refractivity contribution in [3.05, 3.63) is 90.5 Å². The minimum atomic E-state index is -2.57. The molecule has 0 fully saturated rings. The van der Waals surface area contributed by atoms with Gasteiger partial charge in [-0.05, 0) is 40.0 Å². The zero-order valence-electron chi connectivity index (χ0n) is 16.5. The second-order valence-corrected chi connectivity index (χ2v) is 12.3. The van der Waals surface area contributed by atoms with Crippen LogP contribution in [-0.4, -0.2) is 13.4 Å². The van der Waals surface area contributed by atoms with E-state index < -0.39 is 8.32 Å². The average Bonchev–Trinajstić information content (AvgIpc) is 2.67. The normalized spacial score (nSPS) is 13.3. The van der Waals surface area contributed by atoms with Crippen LogP contribution in [0.1, 0.15) is 39.4 Å². The third kappa shape index (κ3) is 3.85. The molecule has 0 saturated carbocycles. The van der Waals surface area contributed by atoms with E-state index in [9.17, 15) is 5.11 Å². The summed E-state index contributed by atoms with van der Waals surface area (Å²) in [5.41, 5.74) is 1.07. The van der Waals surface area contributed by atoms with Gasteiger partial charge >= 0.3 is 0 Å². The fourth-order valence-electron chi connectivity index (χ4n) is 3.77. The van der Waals surface area contributed by atoms with Gasteiger partial charge in [-0.25, -0.2) is 0 Å². The highest BCUT2D eigenvalue weighted by Gasteiger charge is 2.51. The predicted molar refractivity (Wildman–Crippen MR) is 115 cm³/mol. The van der Waals surface area contributed by atoms with Crippen molar-refractivity contribution in [2.45, 2.75) is 38.8 Å². The minimum absolute atomic E-state index is 0.0547. The maximum absolute atomic E-state index is 9.62. The molecule has 0 aliphatic carbocycles. The number of hydrogen-bond acceptors (Lipinski definition) is 2. The van der Waals surface area contributed by atoms with E-state index in [1.165, 1.54) is 10.4 Å². The Bertz CT molecular complexity index is 813. The summed E-state index contributed by atoms with van der Waals surface area (Å²) in [5, 5.41) is 12.1. The third-order valence-electron chi connectivity index (χ3n) is 5.13. The quantitative estimate of drug-likeness (QED) is 0.633. The Morgan fingerprint density at radius 1 is 0.741 bits per heavy atom. The van der Waals surface area contributed by atoms with E-state index in [1.54, 1.807) is 12.1 Å². The van der Waals surface area contributed by atoms with Crippen molar-refractivity contribution in [2.75, 3.05) is 0 Å². The Hall–Kier alpha value is -2.36. The van der Waals surface area contributed by atoms with Crippen molar-refractivity contribution in [1.29, 1.82) is 0 Å². The minimum Gasteiger partial charge on any atom is -0.508 e. The van der Waals surface area contributed by atoms with Crippen LogP contribution < -0.4 is 10.4 Å². The van der Waals surface area contributed by atoms with Gasteiger partial charge in [-0.2, -0.15) is 0 Å². The Labute approximate surface area is 163 Å². The lowest BCUT2D eigenvalue weighted by atomic mass is 10.1. The maximum Gasteiger partial charge on any atom is 0.261 e. The molecule has 1 atom stereocenters. The topological polar surface area (TPSA) is 29.5 Å². The van der Waals surface area contributed by atoms with Crippen LogP contribution in [0.3, 0.4) is 0 Å². The molecule has 0 heterocycles. The Morgan fingerprint density at radius 2 is 1.19 bits per heavy atom. The van der Waals surface area contributed by atoms with Gasteiger partial charge in [0, 0.05) is 0 Å².